The van der Waals surface area contributed by atoms with Crippen LogP contribution < -0.4 is 0 Å². The Balaban J connectivity index is 2.02. The van der Waals surface area contributed by atoms with Gasteiger partial charge in [-0.3, -0.25) is 9.59 Å². The summed E-state index contributed by atoms with van der Waals surface area (Å²) in [5, 5.41) is 0. The zero-order chi connectivity index (χ0) is 11.4. The normalized spacial score (nSPS) is 26.6. The smallest absolute Gasteiger partial charge is 0.245 e. The lowest BCUT2D eigenvalue weighted by molar-refractivity contribution is -0.140. The summed E-state index contributed by atoms with van der Waals surface area (Å²) in [6.07, 6.45) is 7.14. The fourth-order valence-electron chi connectivity index (χ4n) is 2.67. The predicted octanol–water partition coefficient (Wildman–Crippen LogP) is 1.01. The molecule has 2 rings (SSSR count). The molecule has 0 N–H and O–H groups in total. The van der Waals surface area contributed by atoms with E-state index in [0.717, 1.165) is 64.6 Å². The monoisotopic (exact) mass is 224 g/mol. The molecule has 0 aliphatic carbocycles. The Labute approximate surface area is 96.6 Å². The van der Waals surface area contributed by atoms with Gasteiger partial charge in [-0.1, -0.05) is 12.8 Å². The topological polar surface area (TPSA) is 40.6 Å². The number of carbonyl (C=O) groups is 2. The highest BCUT2D eigenvalue weighted by molar-refractivity contribution is 5.84. The molecule has 0 aromatic carbocycles. The molecule has 0 aromatic heterocycles. The lowest BCUT2D eigenvalue weighted by Gasteiger charge is -2.29. The van der Waals surface area contributed by atoms with Crippen LogP contribution in [0.25, 0.3) is 0 Å². The third-order valence-electron chi connectivity index (χ3n) is 3.63. The summed E-state index contributed by atoms with van der Waals surface area (Å²) in [6.45, 7) is 2.50. The zero-order valence-corrected chi connectivity index (χ0v) is 9.73. The third kappa shape index (κ3) is 2.36. The van der Waals surface area contributed by atoms with Crippen molar-refractivity contribution in [2.75, 3.05) is 19.6 Å². The predicted molar refractivity (Wildman–Crippen MR) is 60.8 cm³/mol. The molecular formula is C12H20N2O2. The molecule has 16 heavy (non-hydrogen) atoms. The summed E-state index contributed by atoms with van der Waals surface area (Å²) in [7, 11) is 0. The molecule has 2 amide bonds. The number of hydrogen-bond donors (Lipinski definition) is 0. The molecule has 0 bridgehead atoms. The van der Waals surface area contributed by atoms with E-state index >= 15 is 0 Å². The van der Waals surface area contributed by atoms with Gasteiger partial charge >= 0.3 is 0 Å². The second-order valence-electron chi connectivity index (χ2n) is 4.74. The first kappa shape index (κ1) is 11.4. The van der Waals surface area contributed by atoms with Gasteiger partial charge in [0.25, 0.3) is 0 Å². The first-order valence-electron chi connectivity index (χ1n) is 6.33. The fourth-order valence-corrected chi connectivity index (χ4v) is 2.67. The summed E-state index contributed by atoms with van der Waals surface area (Å²) in [6, 6.07) is -0.182. The van der Waals surface area contributed by atoms with Crippen LogP contribution in [0.4, 0.5) is 0 Å². The Kier molecular flexibility index (Phi) is 3.80. The van der Waals surface area contributed by atoms with Crippen molar-refractivity contribution in [2.24, 2.45) is 0 Å². The molecule has 1 unspecified atom stereocenters. The summed E-state index contributed by atoms with van der Waals surface area (Å²) in [5.74, 6) is 0.173. The molecule has 4 heteroatoms. The van der Waals surface area contributed by atoms with E-state index in [1.165, 1.54) is 0 Å². The van der Waals surface area contributed by atoms with E-state index in [2.05, 4.69) is 0 Å². The van der Waals surface area contributed by atoms with Crippen LogP contribution in [-0.4, -0.2) is 47.8 Å². The van der Waals surface area contributed by atoms with Gasteiger partial charge in [0, 0.05) is 19.6 Å². The minimum Gasteiger partial charge on any atom is -0.341 e. The van der Waals surface area contributed by atoms with Crippen molar-refractivity contribution in [2.45, 2.75) is 44.6 Å². The zero-order valence-electron chi connectivity index (χ0n) is 9.73. The van der Waals surface area contributed by atoms with Crippen LogP contribution in [0.2, 0.25) is 0 Å². The molecular weight excluding hydrogens is 204 g/mol. The summed E-state index contributed by atoms with van der Waals surface area (Å²) >= 11 is 0. The Hall–Kier alpha value is -1.06. The average Bonchev–Trinajstić information content (AvgIpc) is 2.73. The van der Waals surface area contributed by atoms with E-state index in [1.54, 1.807) is 4.90 Å². The highest BCUT2D eigenvalue weighted by Crippen LogP contribution is 2.19. The first-order chi connectivity index (χ1) is 7.83. The molecule has 4 nitrogen and oxygen atoms in total. The Morgan fingerprint density at radius 2 is 1.69 bits per heavy atom. The van der Waals surface area contributed by atoms with E-state index in [0.29, 0.717) is 0 Å². The second-order valence-corrected chi connectivity index (χ2v) is 4.74. The second kappa shape index (κ2) is 5.32. The van der Waals surface area contributed by atoms with Crippen molar-refractivity contribution in [1.29, 1.82) is 0 Å². The summed E-state index contributed by atoms with van der Waals surface area (Å²) in [4.78, 5) is 26.9. The van der Waals surface area contributed by atoms with Crippen LogP contribution in [-0.2, 0) is 9.59 Å². The maximum atomic E-state index is 12.2. The number of nitrogens with zero attached hydrogens (tertiary/aromatic N) is 2. The number of hydrogen-bond acceptors (Lipinski definition) is 2. The molecule has 2 aliphatic heterocycles. The number of likely N-dealkylation sites (tertiary alicyclic amines) is 2. The molecule has 0 radical (unpaired) electrons. The summed E-state index contributed by atoms with van der Waals surface area (Å²) in [5.41, 5.74) is 0. The Morgan fingerprint density at radius 3 is 2.38 bits per heavy atom. The van der Waals surface area contributed by atoms with Crippen LogP contribution in [0.3, 0.4) is 0 Å². The molecule has 0 spiro atoms. The molecule has 0 aromatic rings. The maximum absolute atomic E-state index is 12.2. The molecule has 1 atom stereocenters. The molecule has 90 valence electrons. The van der Waals surface area contributed by atoms with Gasteiger partial charge in [-0.05, 0) is 25.7 Å². The molecule has 2 fully saturated rings. The Bertz CT molecular complexity index is 262. The van der Waals surface area contributed by atoms with E-state index in [-0.39, 0.29) is 11.9 Å². The van der Waals surface area contributed by atoms with Crippen LogP contribution in [0.15, 0.2) is 0 Å². The lowest BCUT2D eigenvalue weighted by Crippen LogP contribution is -2.47. The fraction of sp³-hybridized carbons (Fsp3) is 0.833. The third-order valence-corrected chi connectivity index (χ3v) is 3.63. The SMILES string of the molecule is O=CN1CCCCCC1C(=O)N1CCCC1. The number of amides is 2. The van der Waals surface area contributed by atoms with E-state index in [4.69, 9.17) is 0 Å². The van der Waals surface area contributed by atoms with Gasteiger partial charge in [0.15, 0.2) is 0 Å². The quantitative estimate of drug-likeness (QED) is 0.657. The maximum Gasteiger partial charge on any atom is 0.245 e. The standard InChI is InChI=1S/C12H20N2O2/c15-10-14-9-3-1-2-6-11(14)12(16)13-7-4-5-8-13/h10-11H,1-9H2. The van der Waals surface area contributed by atoms with E-state index in [9.17, 15) is 9.59 Å². The number of rotatable bonds is 2. The summed E-state index contributed by atoms with van der Waals surface area (Å²) < 4.78 is 0. The van der Waals surface area contributed by atoms with Gasteiger partial charge in [-0.25, -0.2) is 0 Å². The Morgan fingerprint density at radius 1 is 1.00 bits per heavy atom. The number of carbonyl (C=O) groups excluding carboxylic acids is 2. The van der Waals surface area contributed by atoms with Gasteiger partial charge in [-0.2, -0.15) is 0 Å². The molecule has 0 saturated carbocycles. The van der Waals surface area contributed by atoms with Crippen molar-refractivity contribution < 1.29 is 9.59 Å². The minimum absolute atomic E-state index is 0.173. The van der Waals surface area contributed by atoms with Crippen LogP contribution in [0, 0.1) is 0 Å². The van der Waals surface area contributed by atoms with Crippen molar-refractivity contribution in [3.05, 3.63) is 0 Å². The van der Waals surface area contributed by atoms with Gasteiger partial charge in [0.05, 0.1) is 0 Å². The van der Waals surface area contributed by atoms with E-state index in [1.807, 2.05) is 4.90 Å². The highest BCUT2D eigenvalue weighted by Gasteiger charge is 2.31. The molecule has 2 aliphatic rings. The van der Waals surface area contributed by atoms with Gasteiger partial charge in [0.1, 0.15) is 6.04 Å². The van der Waals surface area contributed by atoms with Crippen LogP contribution >= 0.6 is 0 Å². The van der Waals surface area contributed by atoms with Crippen molar-refractivity contribution >= 4 is 12.3 Å². The molecule has 2 heterocycles. The van der Waals surface area contributed by atoms with Crippen LogP contribution in [0.5, 0.6) is 0 Å². The molecule has 2 saturated heterocycles. The van der Waals surface area contributed by atoms with Crippen molar-refractivity contribution in [3.63, 3.8) is 0 Å². The van der Waals surface area contributed by atoms with Crippen molar-refractivity contribution in [3.8, 4) is 0 Å². The van der Waals surface area contributed by atoms with Crippen molar-refractivity contribution in [1.82, 2.24) is 9.80 Å². The van der Waals surface area contributed by atoms with Gasteiger partial charge < -0.3 is 9.80 Å². The van der Waals surface area contributed by atoms with Crippen LogP contribution in [0.1, 0.15) is 38.5 Å². The highest BCUT2D eigenvalue weighted by atomic mass is 16.2. The van der Waals surface area contributed by atoms with Gasteiger partial charge in [-0.15, -0.1) is 0 Å². The lowest BCUT2D eigenvalue weighted by atomic mass is 10.1. The van der Waals surface area contributed by atoms with Gasteiger partial charge in [0.2, 0.25) is 12.3 Å². The minimum atomic E-state index is -0.182. The first-order valence-corrected chi connectivity index (χ1v) is 6.33. The average molecular weight is 224 g/mol. The van der Waals surface area contributed by atoms with E-state index < -0.39 is 0 Å². The largest absolute Gasteiger partial charge is 0.341 e.